The molecule has 0 bridgehead atoms. The average Bonchev–Trinajstić information content (AvgIpc) is 2.16. The third-order valence-corrected chi connectivity index (χ3v) is 2.26. The van der Waals surface area contributed by atoms with Gasteiger partial charge in [0.15, 0.2) is 6.04 Å². The number of amidine groups is 1. The Morgan fingerprint density at radius 3 is 2.13 bits per heavy atom. The Morgan fingerprint density at radius 2 is 1.73 bits per heavy atom. The maximum absolute atomic E-state index is 11.6. The van der Waals surface area contributed by atoms with Gasteiger partial charge in [0, 0.05) is 6.54 Å². The van der Waals surface area contributed by atoms with Crippen LogP contribution in [0.5, 0.6) is 0 Å². The normalized spacial score (nSPS) is 21.8. The molecule has 1 aliphatic rings. The van der Waals surface area contributed by atoms with Gasteiger partial charge in [0.1, 0.15) is 0 Å². The molecular formula is C8H16ClN4O2+. The molecule has 86 valence electrons. The predicted molar refractivity (Wildman–Crippen MR) is 57.3 cm³/mol. The summed E-state index contributed by atoms with van der Waals surface area (Å²) >= 11 is 0. The molecule has 1 rings (SSSR count). The number of hydrogen-bond acceptors (Lipinski definition) is 3. The number of rotatable bonds is 2. The van der Waals surface area contributed by atoms with Crippen molar-refractivity contribution in [2.45, 2.75) is 19.9 Å². The van der Waals surface area contributed by atoms with Gasteiger partial charge in [-0.3, -0.25) is 10.2 Å². The summed E-state index contributed by atoms with van der Waals surface area (Å²) in [5, 5.41) is 5.58. The van der Waals surface area contributed by atoms with E-state index in [9.17, 15) is 9.59 Å². The highest BCUT2D eigenvalue weighted by Gasteiger charge is 2.45. The number of imide groups is 1. The highest BCUT2D eigenvalue weighted by atomic mass is 35.5. The lowest BCUT2D eigenvalue weighted by Crippen LogP contribution is -2.72. The van der Waals surface area contributed by atoms with E-state index in [2.05, 4.69) is 0 Å². The van der Waals surface area contributed by atoms with Crippen LogP contribution in [-0.4, -0.2) is 46.7 Å². The fourth-order valence-corrected chi connectivity index (χ4v) is 1.42. The minimum absolute atomic E-state index is 0. The van der Waals surface area contributed by atoms with E-state index in [4.69, 9.17) is 11.1 Å². The maximum atomic E-state index is 11.6. The first kappa shape index (κ1) is 13.9. The second-order valence-electron chi connectivity index (χ2n) is 3.01. The number of hydrogen-bond donors (Lipinski definition) is 2. The lowest BCUT2D eigenvalue weighted by Gasteiger charge is -2.30. The summed E-state index contributed by atoms with van der Waals surface area (Å²) in [4.78, 5) is 25.5. The zero-order valence-corrected chi connectivity index (χ0v) is 9.58. The molecule has 1 atom stereocenters. The molecule has 1 aliphatic heterocycles. The van der Waals surface area contributed by atoms with Gasteiger partial charge in [-0.05, 0) is 13.8 Å². The van der Waals surface area contributed by atoms with Crippen molar-refractivity contribution in [1.29, 1.82) is 0 Å². The van der Waals surface area contributed by atoms with E-state index in [-0.39, 0.29) is 24.3 Å². The van der Waals surface area contributed by atoms with E-state index in [1.807, 2.05) is 0 Å². The Morgan fingerprint density at radius 1 is 1.27 bits per heavy atom. The fourth-order valence-electron chi connectivity index (χ4n) is 1.42. The highest BCUT2D eigenvalue weighted by Crippen LogP contribution is 2.09. The van der Waals surface area contributed by atoms with E-state index < -0.39 is 11.9 Å². The fraction of sp³-hybridized carbons (Fsp3) is 0.625. The molecular weight excluding hydrogens is 220 g/mol. The Hall–Kier alpha value is -1.14. The van der Waals surface area contributed by atoms with Crippen LogP contribution < -0.4 is 11.1 Å². The first-order valence-corrected chi connectivity index (χ1v) is 4.55. The molecule has 1 unspecified atom stereocenters. The zero-order valence-electron chi connectivity index (χ0n) is 8.77. The standard InChI is InChI=1S/C8H14N4O2.ClH/c1-3-11-6(10)5(9)7(13)12(4-2)8(11)14;/h5,10H,3-4,9H2,1-2H3;1H/p+1. The van der Waals surface area contributed by atoms with Crippen molar-refractivity contribution in [3.8, 4) is 0 Å². The van der Waals surface area contributed by atoms with Crippen LogP contribution in [0.4, 0.5) is 4.79 Å². The summed E-state index contributed by atoms with van der Waals surface area (Å²) in [6.07, 6.45) is 0. The van der Waals surface area contributed by atoms with Crippen LogP contribution in [0.2, 0.25) is 0 Å². The number of likely N-dealkylation sites (N-methyl/N-ethyl adjacent to an activating group) is 2. The summed E-state index contributed by atoms with van der Waals surface area (Å²) in [6.45, 7) is 4.23. The molecule has 0 aromatic rings. The molecule has 0 spiro atoms. The van der Waals surface area contributed by atoms with Crippen molar-refractivity contribution < 1.29 is 15.0 Å². The highest BCUT2D eigenvalue weighted by molar-refractivity contribution is 6.18. The SMILES string of the molecule is CCN1C(=[NH2+])C(N)C(=O)N(CC)C1=O.Cl. The third kappa shape index (κ3) is 2.10. The van der Waals surface area contributed by atoms with Gasteiger partial charge < -0.3 is 5.73 Å². The molecule has 6 nitrogen and oxygen atoms in total. The van der Waals surface area contributed by atoms with Crippen LogP contribution in [-0.2, 0) is 4.79 Å². The second kappa shape index (κ2) is 5.09. The van der Waals surface area contributed by atoms with Crippen LogP contribution in [0.15, 0.2) is 0 Å². The van der Waals surface area contributed by atoms with Gasteiger partial charge in [-0.2, -0.15) is 4.90 Å². The van der Waals surface area contributed by atoms with Crippen LogP contribution in [0.1, 0.15) is 13.8 Å². The van der Waals surface area contributed by atoms with Gasteiger partial charge in [0.25, 0.3) is 11.7 Å². The predicted octanol–water partition coefficient (Wildman–Crippen LogP) is -1.80. The van der Waals surface area contributed by atoms with E-state index in [0.717, 1.165) is 4.90 Å². The maximum Gasteiger partial charge on any atom is 0.417 e. The molecule has 0 aliphatic carbocycles. The van der Waals surface area contributed by atoms with Gasteiger partial charge in [-0.25, -0.2) is 9.69 Å². The summed E-state index contributed by atoms with van der Waals surface area (Å²) in [5.41, 5.74) is 5.57. The van der Waals surface area contributed by atoms with Crippen LogP contribution in [0.25, 0.3) is 0 Å². The molecule has 0 saturated carbocycles. The van der Waals surface area contributed by atoms with Gasteiger partial charge in [0.2, 0.25) is 0 Å². The van der Waals surface area contributed by atoms with E-state index in [1.165, 1.54) is 4.90 Å². The molecule has 7 heteroatoms. The molecule has 1 heterocycles. The first-order valence-electron chi connectivity index (χ1n) is 4.55. The Kier molecular flexibility index (Phi) is 4.70. The average molecular weight is 236 g/mol. The molecule has 0 aromatic carbocycles. The molecule has 3 amide bonds. The van der Waals surface area contributed by atoms with Gasteiger partial charge in [-0.15, -0.1) is 12.4 Å². The van der Waals surface area contributed by atoms with Gasteiger partial charge >= 0.3 is 6.03 Å². The minimum Gasteiger partial charge on any atom is -0.310 e. The van der Waals surface area contributed by atoms with Crippen LogP contribution in [0.3, 0.4) is 0 Å². The summed E-state index contributed by atoms with van der Waals surface area (Å²) in [5.74, 6) is -0.299. The number of urea groups is 1. The van der Waals surface area contributed by atoms with Gasteiger partial charge in [0.05, 0.1) is 6.54 Å². The lowest BCUT2D eigenvalue weighted by molar-refractivity contribution is -0.144. The van der Waals surface area contributed by atoms with Crippen LogP contribution >= 0.6 is 12.4 Å². The molecule has 1 saturated heterocycles. The number of amides is 3. The zero-order chi connectivity index (χ0) is 10.9. The topological polar surface area (TPSA) is 92.2 Å². The molecule has 0 radical (unpaired) electrons. The molecule has 0 aromatic heterocycles. The summed E-state index contributed by atoms with van der Waals surface area (Å²) < 4.78 is 0. The van der Waals surface area contributed by atoms with E-state index in [1.54, 1.807) is 13.8 Å². The smallest absolute Gasteiger partial charge is 0.310 e. The van der Waals surface area contributed by atoms with Crippen molar-refractivity contribution in [3.05, 3.63) is 0 Å². The number of carbonyl (C=O) groups excluding carboxylic acids is 2. The van der Waals surface area contributed by atoms with E-state index in [0.29, 0.717) is 13.1 Å². The summed E-state index contributed by atoms with van der Waals surface area (Å²) in [6, 6.07) is -1.29. The van der Waals surface area contributed by atoms with Crippen molar-refractivity contribution >= 4 is 30.2 Å². The second-order valence-corrected chi connectivity index (χ2v) is 3.01. The van der Waals surface area contributed by atoms with Crippen molar-refractivity contribution in [2.75, 3.05) is 13.1 Å². The Balaban J connectivity index is 0.00000196. The van der Waals surface area contributed by atoms with Crippen LogP contribution in [0, 0.1) is 0 Å². The summed E-state index contributed by atoms with van der Waals surface area (Å²) in [7, 11) is 0. The van der Waals surface area contributed by atoms with Crippen molar-refractivity contribution in [3.63, 3.8) is 0 Å². The minimum atomic E-state index is -0.896. The third-order valence-electron chi connectivity index (χ3n) is 2.26. The van der Waals surface area contributed by atoms with Gasteiger partial charge in [-0.1, -0.05) is 0 Å². The number of halogens is 1. The number of nitrogens with two attached hydrogens (primary N) is 2. The lowest BCUT2D eigenvalue weighted by atomic mass is 10.2. The molecule has 15 heavy (non-hydrogen) atoms. The largest absolute Gasteiger partial charge is 0.417 e. The monoisotopic (exact) mass is 235 g/mol. The first-order chi connectivity index (χ1) is 6.54. The van der Waals surface area contributed by atoms with E-state index >= 15 is 0 Å². The number of nitrogens with zero attached hydrogens (tertiary/aromatic N) is 2. The van der Waals surface area contributed by atoms with Crippen molar-refractivity contribution in [2.24, 2.45) is 5.73 Å². The number of carbonyl (C=O) groups is 2. The quantitative estimate of drug-likeness (QED) is 0.591. The molecule has 4 N–H and O–H groups in total. The Bertz CT molecular complexity index is 268. The molecule has 1 fully saturated rings. The Labute approximate surface area is 94.3 Å². The van der Waals surface area contributed by atoms with Crippen molar-refractivity contribution in [1.82, 2.24) is 9.80 Å².